The molecule has 11 aromatic rings. The molecule has 0 radical (unpaired) electrons. The van der Waals surface area contributed by atoms with Gasteiger partial charge in [0.2, 0.25) is 0 Å². The summed E-state index contributed by atoms with van der Waals surface area (Å²) in [6.45, 7) is 0. The van der Waals surface area contributed by atoms with Crippen LogP contribution in [0.2, 0.25) is 0 Å². The third-order valence-electron chi connectivity index (χ3n) is 10.3. The zero-order valence-electron chi connectivity index (χ0n) is 28.0. The minimum atomic E-state index is 0.633. The van der Waals surface area contributed by atoms with Crippen molar-refractivity contribution in [2.45, 2.75) is 0 Å². The molecule has 0 aliphatic rings. The zero-order chi connectivity index (χ0) is 34.2. The molecule has 0 saturated heterocycles. The summed E-state index contributed by atoms with van der Waals surface area (Å²) in [7, 11) is 0. The summed E-state index contributed by atoms with van der Waals surface area (Å²) in [5.74, 6) is 1.93. The van der Waals surface area contributed by atoms with Crippen molar-refractivity contribution in [1.82, 2.24) is 23.9 Å². The van der Waals surface area contributed by atoms with Crippen LogP contribution in [0.25, 0.3) is 99.8 Å². The largest absolute Gasteiger partial charge is 0.309 e. The van der Waals surface area contributed by atoms with E-state index in [1.807, 2.05) is 60.7 Å². The number of hydrogen-bond acceptors (Lipinski definition) is 3. The number of fused-ring (bicyclic) bond motifs is 11. The molecule has 0 N–H and O–H groups in total. The van der Waals surface area contributed by atoms with Crippen LogP contribution in [0.3, 0.4) is 0 Å². The Morgan fingerprint density at radius 1 is 0.308 bits per heavy atom. The lowest BCUT2D eigenvalue weighted by molar-refractivity contribution is 1.07. The normalized spacial score (nSPS) is 11.8. The van der Waals surface area contributed by atoms with E-state index >= 15 is 0 Å². The molecule has 11 rings (SSSR count). The summed E-state index contributed by atoms with van der Waals surface area (Å²) in [5, 5.41) is 7.38. The van der Waals surface area contributed by atoms with Gasteiger partial charge >= 0.3 is 0 Å². The monoisotopic (exact) mass is 663 g/mol. The van der Waals surface area contributed by atoms with Gasteiger partial charge in [-0.2, -0.15) is 0 Å². The average molecular weight is 664 g/mol. The van der Waals surface area contributed by atoms with Crippen molar-refractivity contribution in [3.05, 3.63) is 176 Å². The van der Waals surface area contributed by atoms with E-state index < -0.39 is 0 Å². The van der Waals surface area contributed by atoms with Crippen molar-refractivity contribution in [1.29, 1.82) is 0 Å². The van der Waals surface area contributed by atoms with Crippen molar-refractivity contribution in [2.75, 3.05) is 0 Å². The van der Waals surface area contributed by atoms with Crippen molar-refractivity contribution < 1.29 is 0 Å². The summed E-state index contributed by atoms with van der Waals surface area (Å²) >= 11 is 0. The van der Waals surface area contributed by atoms with E-state index in [0.29, 0.717) is 17.5 Å². The van der Waals surface area contributed by atoms with Gasteiger partial charge in [0.15, 0.2) is 17.5 Å². The molecular weight excluding hydrogens is 635 g/mol. The maximum absolute atomic E-state index is 5.04. The van der Waals surface area contributed by atoms with Crippen molar-refractivity contribution >= 4 is 59.9 Å². The molecule has 4 heterocycles. The molecular formula is C47H29N5. The summed E-state index contributed by atoms with van der Waals surface area (Å²) in [6.07, 6.45) is 0. The first-order valence-electron chi connectivity index (χ1n) is 17.5. The molecule has 0 amide bonds. The number of aromatic nitrogens is 5. The molecule has 0 aliphatic carbocycles. The molecule has 4 aromatic heterocycles. The maximum Gasteiger partial charge on any atom is 0.164 e. The SMILES string of the molecule is c1ccc(-c2nc(-c3ccccc3)nc(-c3cccc(-n4c5ccccc5c5cc6c7ccccc7n7c8ccccc8cc7c6cc54)c3)n2)cc1. The predicted octanol–water partition coefficient (Wildman–Crippen LogP) is 11.7. The van der Waals surface area contributed by atoms with E-state index in [4.69, 9.17) is 15.0 Å². The Morgan fingerprint density at radius 3 is 1.56 bits per heavy atom. The van der Waals surface area contributed by atoms with Crippen LogP contribution >= 0.6 is 0 Å². The van der Waals surface area contributed by atoms with Gasteiger partial charge in [-0.1, -0.05) is 127 Å². The highest BCUT2D eigenvalue weighted by Gasteiger charge is 2.19. The van der Waals surface area contributed by atoms with E-state index in [0.717, 1.165) is 33.4 Å². The second-order valence-corrected chi connectivity index (χ2v) is 13.3. The van der Waals surface area contributed by atoms with Gasteiger partial charge in [-0.05, 0) is 53.9 Å². The van der Waals surface area contributed by atoms with Gasteiger partial charge < -0.3 is 8.97 Å². The Labute approximate surface area is 298 Å². The van der Waals surface area contributed by atoms with Crippen LogP contribution in [0.1, 0.15) is 0 Å². The Balaban J connectivity index is 1.18. The van der Waals surface area contributed by atoms with Gasteiger partial charge in [-0.15, -0.1) is 0 Å². The topological polar surface area (TPSA) is 48.0 Å². The molecule has 52 heavy (non-hydrogen) atoms. The third kappa shape index (κ3) is 4.33. The molecule has 7 aromatic carbocycles. The molecule has 0 spiro atoms. The first-order valence-corrected chi connectivity index (χ1v) is 17.5. The Bertz CT molecular complexity index is 3120. The highest BCUT2D eigenvalue weighted by molar-refractivity contribution is 6.22. The fourth-order valence-electron chi connectivity index (χ4n) is 7.96. The van der Waals surface area contributed by atoms with Crippen LogP contribution in [0.5, 0.6) is 0 Å². The lowest BCUT2D eigenvalue weighted by Gasteiger charge is -2.13. The van der Waals surface area contributed by atoms with Crippen molar-refractivity contribution in [3.63, 3.8) is 0 Å². The molecule has 0 aliphatic heterocycles. The number of benzene rings is 7. The predicted molar refractivity (Wildman–Crippen MR) is 214 cm³/mol. The van der Waals surface area contributed by atoms with Crippen molar-refractivity contribution in [3.8, 4) is 39.9 Å². The Morgan fingerprint density at radius 2 is 0.846 bits per heavy atom. The standard InChI is InChI=1S/C47H29N5/c1-3-14-30(15-4-1)45-48-46(31-16-5-2-6-17-31)50-47(49-45)33-19-13-20-34(26-33)51-41-24-11-9-22-36(41)38-28-37-35-21-8-12-25-42(35)52-40-23-10-7-18-32(40)27-43(52)39(37)29-44(38)51/h1-29H. The fraction of sp³-hybridized carbons (Fsp3) is 0. The lowest BCUT2D eigenvalue weighted by Crippen LogP contribution is -2.01. The molecule has 0 bridgehead atoms. The minimum Gasteiger partial charge on any atom is -0.309 e. The van der Waals surface area contributed by atoms with Gasteiger partial charge in [0, 0.05) is 49.3 Å². The first-order chi connectivity index (χ1) is 25.8. The molecule has 0 fully saturated rings. The lowest BCUT2D eigenvalue weighted by atomic mass is 10.0. The molecule has 0 saturated carbocycles. The van der Waals surface area contributed by atoms with E-state index in [-0.39, 0.29) is 0 Å². The number of nitrogens with zero attached hydrogens (tertiary/aromatic N) is 5. The van der Waals surface area contributed by atoms with Crippen LogP contribution in [-0.4, -0.2) is 23.9 Å². The van der Waals surface area contributed by atoms with Crippen molar-refractivity contribution in [2.24, 2.45) is 0 Å². The summed E-state index contributed by atoms with van der Waals surface area (Å²) in [6, 6.07) is 62.1. The van der Waals surface area contributed by atoms with E-state index in [1.54, 1.807) is 0 Å². The minimum absolute atomic E-state index is 0.633. The van der Waals surface area contributed by atoms with Gasteiger partial charge in [0.05, 0.1) is 27.6 Å². The molecule has 5 nitrogen and oxygen atoms in total. The van der Waals surface area contributed by atoms with Crippen LogP contribution in [0.15, 0.2) is 176 Å². The number of hydrogen-bond donors (Lipinski definition) is 0. The van der Waals surface area contributed by atoms with Gasteiger partial charge in [0.1, 0.15) is 0 Å². The molecule has 5 heteroatoms. The smallest absolute Gasteiger partial charge is 0.164 e. The van der Waals surface area contributed by atoms with Gasteiger partial charge in [0.25, 0.3) is 0 Å². The maximum atomic E-state index is 5.04. The van der Waals surface area contributed by atoms with Gasteiger partial charge in [-0.3, -0.25) is 0 Å². The van der Waals surface area contributed by atoms with Gasteiger partial charge in [-0.25, -0.2) is 15.0 Å². The number of pyridine rings is 1. The second-order valence-electron chi connectivity index (χ2n) is 13.3. The van der Waals surface area contributed by atoms with E-state index in [1.165, 1.54) is 48.9 Å². The average Bonchev–Trinajstić information content (AvgIpc) is 3.77. The van der Waals surface area contributed by atoms with Crippen LogP contribution in [0.4, 0.5) is 0 Å². The zero-order valence-corrected chi connectivity index (χ0v) is 28.0. The first kappa shape index (κ1) is 28.7. The molecule has 0 atom stereocenters. The second kappa shape index (κ2) is 11.2. The Kier molecular flexibility index (Phi) is 6.18. The van der Waals surface area contributed by atoms with Crippen LogP contribution in [-0.2, 0) is 0 Å². The van der Waals surface area contributed by atoms with Crippen LogP contribution < -0.4 is 0 Å². The number of para-hydroxylation sites is 3. The van der Waals surface area contributed by atoms with Crippen LogP contribution in [0, 0.1) is 0 Å². The van der Waals surface area contributed by atoms with E-state index in [9.17, 15) is 0 Å². The summed E-state index contributed by atoms with van der Waals surface area (Å²) in [5.41, 5.74) is 9.80. The van der Waals surface area contributed by atoms with E-state index in [2.05, 4.69) is 124 Å². The third-order valence-corrected chi connectivity index (χ3v) is 10.3. The Hall–Kier alpha value is -7.11. The number of rotatable bonds is 4. The molecule has 0 unspecified atom stereocenters. The fourth-order valence-corrected chi connectivity index (χ4v) is 7.96. The quantitative estimate of drug-likeness (QED) is 0.176. The molecule has 242 valence electrons. The highest BCUT2D eigenvalue weighted by Crippen LogP contribution is 2.40. The highest BCUT2D eigenvalue weighted by atomic mass is 15.0. The summed E-state index contributed by atoms with van der Waals surface area (Å²) in [4.78, 5) is 15.0. The summed E-state index contributed by atoms with van der Waals surface area (Å²) < 4.78 is 4.81.